The van der Waals surface area contributed by atoms with Crippen LogP contribution in [0.1, 0.15) is 24.1 Å². The van der Waals surface area contributed by atoms with Crippen LogP contribution in [0.3, 0.4) is 0 Å². The van der Waals surface area contributed by atoms with Gasteiger partial charge in [-0.05, 0) is 31.9 Å². The minimum Gasteiger partial charge on any atom is -0.357 e. The zero-order valence-corrected chi connectivity index (χ0v) is 17.2. The van der Waals surface area contributed by atoms with E-state index in [4.69, 9.17) is 11.6 Å². The first kappa shape index (κ1) is 20.6. The van der Waals surface area contributed by atoms with Crippen LogP contribution >= 0.6 is 35.6 Å². The summed E-state index contributed by atoms with van der Waals surface area (Å²) in [7, 11) is 1.94. The SMILES string of the molecule is CCNC(=NCc1nnc(C)n1C)NCCc1ccc(Cl)nc1.I. The van der Waals surface area contributed by atoms with Crippen molar-refractivity contribution in [1.82, 2.24) is 30.4 Å². The molecule has 2 rings (SSSR count). The van der Waals surface area contributed by atoms with Crippen molar-refractivity contribution in [2.24, 2.45) is 12.0 Å². The average molecular weight is 464 g/mol. The van der Waals surface area contributed by atoms with Crippen molar-refractivity contribution in [2.75, 3.05) is 13.1 Å². The molecule has 0 aliphatic heterocycles. The Morgan fingerprint density at radius 1 is 1.29 bits per heavy atom. The second-order valence-corrected chi connectivity index (χ2v) is 5.47. The van der Waals surface area contributed by atoms with Gasteiger partial charge in [0, 0.05) is 26.3 Å². The summed E-state index contributed by atoms with van der Waals surface area (Å²) in [5, 5.41) is 15.2. The van der Waals surface area contributed by atoms with E-state index in [1.807, 2.05) is 31.5 Å². The lowest BCUT2D eigenvalue weighted by atomic mass is 10.2. The largest absolute Gasteiger partial charge is 0.357 e. The van der Waals surface area contributed by atoms with Gasteiger partial charge in [-0.1, -0.05) is 17.7 Å². The lowest BCUT2D eigenvalue weighted by Gasteiger charge is -2.11. The Bertz CT molecular complexity index is 654. The van der Waals surface area contributed by atoms with E-state index in [2.05, 4.69) is 30.8 Å². The minimum atomic E-state index is 0. The zero-order chi connectivity index (χ0) is 16.7. The van der Waals surface area contributed by atoms with Crippen LogP contribution in [0.4, 0.5) is 0 Å². The molecule has 0 aromatic carbocycles. The Morgan fingerprint density at radius 2 is 2.08 bits per heavy atom. The Morgan fingerprint density at radius 3 is 2.67 bits per heavy atom. The molecule has 0 aliphatic rings. The molecule has 0 atom stereocenters. The molecule has 0 radical (unpaired) electrons. The quantitative estimate of drug-likeness (QED) is 0.297. The number of hydrogen-bond acceptors (Lipinski definition) is 4. The van der Waals surface area contributed by atoms with Gasteiger partial charge in [0.1, 0.15) is 17.5 Å². The van der Waals surface area contributed by atoms with Crippen molar-refractivity contribution in [3.05, 3.63) is 40.7 Å². The highest BCUT2D eigenvalue weighted by Gasteiger charge is 2.04. The molecule has 2 heterocycles. The average Bonchev–Trinajstić information content (AvgIpc) is 2.86. The molecular formula is C15H23ClIN7. The highest BCUT2D eigenvalue weighted by molar-refractivity contribution is 14.0. The molecule has 2 aromatic rings. The Kier molecular flexibility index (Phi) is 8.98. The highest BCUT2D eigenvalue weighted by Crippen LogP contribution is 2.05. The van der Waals surface area contributed by atoms with Gasteiger partial charge in [-0.25, -0.2) is 9.98 Å². The van der Waals surface area contributed by atoms with Gasteiger partial charge in [0.25, 0.3) is 0 Å². The molecule has 132 valence electrons. The fourth-order valence-corrected chi connectivity index (χ4v) is 2.07. The topological polar surface area (TPSA) is 80.0 Å². The summed E-state index contributed by atoms with van der Waals surface area (Å²) in [5.41, 5.74) is 1.13. The van der Waals surface area contributed by atoms with Crippen molar-refractivity contribution in [1.29, 1.82) is 0 Å². The lowest BCUT2D eigenvalue weighted by Crippen LogP contribution is -2.38. The van der Waals surface area contributed by atoms with Gasteiger partial charge in [0.05, 0.1) is 0 Å². The minimum absolute atomic E-state index is 0. The van der Waals surface area contributed by atoms with Gasteiger partial charge in [0.2, 0.25) is 0 Å². The predicted molar refractivity (Wildman–Crippen MR) is 107 cm³/mol. The van der Waals surface area contributed by atoms with Gasteiger partial charge < -0.3 is 15.2 Å². The van der Waals surface area contributed by atoms with Crippen LogP contribution in [-0.2, 0) is 20.0 Å². The van der Waals surface area contributed by atoms with Crippen LogP contribution in [0.25, 0.3) is 0 Å². The smallest absolute Gasteiger partial charge is 0.191 e. The van der Waals surface area contributed by atoms with Crippen molar-refractivity contribution < 1.29 is 0 Å². The molecule has 7 nitrogen and oxygen atoms in total. The van der Waals surface area contributed by atoms with E-state index in [1.54, 1.807) is 12.3 Å². The maximum absolute atomic E-state index is 5.78. The fraction of sp³-hybridized carbons (Fsp3) is 0.467. The summed E-state index contributed by atoms with van der Waals surface area (Å²) in [4.78, 5) is 8.61. The molecule has 0 saturated heterocycles. The number of guanidine groups is 1. The normalized spacial score (nSPS) is 11.1. The van der Waals surface area contributed by atoms with Crippen LogP contribution in [0, 0.1) is 6.92 Å². The third-order valence-electron chi connectivity index (χ3n) is 3.40. The van der Waals surface area contributed by atoms with E-state index in [9.17, 15) is 0 Å². The van der Waals surface area contributed by atoms with Gasteiger partial charge >= 0.3 is 0 Å². The Labute approximate surface area is 164 Å². The van der Waals surface area contributed by atoms with Crippen LogP contribution in [0.5, 0.6) is 0 Å². The number of aliphatic imine (C=N–C) groups is 1. The van der Waals surface area contributed by atoms with E-state index in [-0.39, 0.29) is 24.0 Å². The third kappa shape index (κ3) is 6.23. The van der Waals surface area contributed by atoms with Crippen LogP contribution in [0.15, 0.2) is 23.3 Å². The molecule has 2 N–H and O–H groups in total. The number of hydrogen-bond donors (Lipinski definition) is 2. The molecular weight excluding hydrogens is 441 g/mol. The highest BCUT2D eigenvalue weighted by atomic mass is 127. The van der Waals surface area contributed by atoms with E-state index in [0.717, 1.165) is 42.7 Å². The predicted octanol–water partition coefficient (Wildman–Crippen LogP) is 2.09. The number of nitrogens with zero attached hydrogens (tertiary/aromatic N) is 5. The molecule has 0 unspecified atom stereocenters. The van der Waals surface area contributed by atoms with Gasteiger partial charge in [-0.3, -0.25) is 0 Å². The van der Waals surface area contributed by atoms with Gasteiger partial charge in [0.15, 0.2) is 11.8 Å². The number of rotatable bonds is 6. The maximum atomic E-state index is 5.78. The van der Waals surface area contributed by atoms with Gasteiger partial charge in [-0.15, -0.1) is 34.2 Å². The molecule has 0 bridgehead atoms. The molecule has 0 amide bonds. The number of aryl methyl sites for hydroxylation is 1. The number of aromatic nitrogens is 4. The molecule has 9 heteroatoms. The Balaban J connectivity index is 0.00000288. The summed E-state index contributed by atoms with van der Waals surface area (Å²) in [6, 6.07) is 3.77. The number of pyridine rings is 1. The monoisotopic (exact) mass is 463 g/mol. The summed E-state index contributed by atoms with van der Waals surface area (Å²) >= 11 is 5.78. The van der Waals surface area contributed by atoms with Crippen molar-refractivity contribution in [3.8, 4) is 0 Å². The second kappa shape index (κ2) is 10.4. The van der Waals surface area contributed by atoms with Crippen molar-refractivity contribution in [3.63, 3.8) is 0 Å². The molecule has 0 fully saturated rings. The lowest BCUT2D eigenvalue weighted by molar-refractivity contribution is 0.753. The summed E-state index contributed by atoms with van der Waals surface area (Å²) in [6.07, 6.45) is 2.63. The van der Waals surface area contributed by atoms with E-state index in [1.165, 1.54) is 0 Å². The first-order chi connectivity index (χ1) is 11.1. The van der Waals surface area contributed by atoms with E-state index >= 15 is 0 Å². The van der Waals surface area contributed by atoms with Gasteiger partial charge in [-0.2, -0.15) is 0 Å². The zero-order valence-electron chi connectivity index (χ0n) is 14.1. The van der Waals surface area contributed by atoms with E-state index in [0.29, 0.717) is 11.7 Å². The number of nitrogens with one attached hydrogen (secondary N) is 2. The third-order valence-corrected chi connectivity index (χ3v) is 3.62. The Hall–Kier alpha value is -1.42. The van der Waals surface area contributed by atoms with Crippen molar-refractivity contribution in [2.45, 2.75) is 26.8 Å². The fourth-order valence-electron chi connectivity index (χ4n) is 1.96. The molecule has 0 aliphatic carbocycles. The maximum Gasteiger partial charge on any atom is 0.191 e. The second-order valence-electron chi connectivity index (χ2n) is 5.08. The van der Waals surface area contributed by atoms with Crippen LogP contribution in [-0.4, -0.2) is 38.8 Å². The summed E-state index contributed by atoms with van der Waals surface area (Å²) < 4.78 is 1.94. The van der Waals surface area contributed by atoms with Crippen LogP contribution in [0.2, 0.25) is 5.15 Å². The molecule has 2 aromatic heterocycles. The standard InChI is InChI=1S/C15H22ClN7.HI/c1-4-17-15(20-10-14-22-21-11(2)23(14)3)18-8-7-12-5-6-13(16)19-9-12;/h5-6,9H,4,7-8,10H2,1-3H3,(H2,17,18,20);1H. The first-order valence-corrected chi connectivity index (χ1v) is 7.95. The van der Waals surface area contributed by atoms with Crippen LogP contribution < -0.4 is 10.6 Å². The van der Waals surface area contributed by atoms with Crippen molar-refractivity contribution >= 4 is 41.5 Å². The van der Waals surface area contributed by atoms with E-state index < -0.39 is 0 Å². The molecule has 0 spiro atoms. The molecule has 24 heavy (non-hydrogen) atoms. The summed E-state index contributed by atoms with van der Waals surface area (Å²) in [6.45, 7) is 5.99. The number of halogens is 2. The summed E-state index contributed by atoms with van der Waals surface area (Å²) in [5.74, 6) is 2.47. The molecule has 0 saturated carbocycles. The first-order valence-electron chi connectivity index (χ1n) is 7.57.